The van der Waals surface area contributed by atoms with Crippen molar-refractivity contribution >= 4 is 11.6 Å². The number of nitrogens with zero attached hydrogens (tertiary/aromatic N) is 2. The lowest BCUT2D eigenvalue weighted by molar-refractivity contribution is 0.0990. The van der Waals surface area contributed by atoms with Gasteiger partial charge in [0.1, 0.15) is 5.75 Å². The molecule has 0 spiro atoms. The van der Waals surface area contributed by atoms with Gasteiger partial charge in [-0.05, 0) is 24.6 Å². The van der Waals surface area contributed by atoms with Crippen LogP contribution in [0.4, 0.5) is 5.69 Å². The van der Waals surface area contributed by atoms with Crippen LogP contribution in [0.3, 0.4) is 0 Å². The lowest BCUT2D eigenvalue weighted by atomic mass is 10.1. The third-order valence-electron chi connectivity index (χ3n) is 2.81. The van der Waals surface area contributed by atoms with Gasteiger partial charge in [0.25, 0.3) is 5.91 Å². The lowest BCUT2D eigenvalue weighted by Gasteiger charge is -2.19. The number of carbonyl (C=O) groups is 1. The topological polar surface area (TPSA) is 53.4 Å². The highest BCUT2D eigenvalue weighted by Crippen LogP contribution is 2.22. The molecule has 18 heavy (non-hydrogen) atoms. The number of amides is 1. The van der Waals surface area contributed by atoms with E-state index in [0.717, 1.165) is 11.3 Å². The normalized spacial score (nSPS) is 10.1. The number of benzene rings is 1. The largest absolute Gasteiger partial charge is 0.505 e. The summed E-state index contributed by atoms with van der Waals surface area (Å²) in [4.78, 5) is 17.5. The number of aromatic hydroxyl groups is 1. The number of para-hydroxylation sites is 1. The number of anilines is 1. The maximum absolute atomic E-state index is 12.3. The first-order chi connectivity index (χ1) is 8.61. The highest BCUT2D eigenvalue weighted by molar-refractivity contribution is 6.07. The molecule has 0 unspecified atom stereocenters. The van der Waals surface area contributed by atoms with E-state index in [1.807, 2.05) is 31.2 Å². The van der Waals surface area contributed by atoms with Crippen molar-refractivity contribution in [2.24, 2.45) is 0 Å². The Balaban J connectivity index is 2.36. The Bertz CT molecular complexity index is 582. The summed E-state index contributed by atoms with van der Waals surface area (Å²) in [6.45, 7) is 1.94. The molecule has 0 aliphatic heterocycles. The fraction of sp³-hybridized carbons (Fsp3) is 0.143. The van der Waals surface area contributed by atoms with Crippen LogP contribution < -0.4 is 4.90 Å². The molecule has 0 bridgehead atoms. The van der Waals surface area contributed by atoms with Gasteiger partial charge in [-0.1, -0.05) is 18.2 Å². The molecule has 2 aromatic rings. The SMILES string of the molecule is Cc1ccccc1N(C)C(=O)c1ccncc1O. The van der Waals surface area contributed by atoms with Gasteiger partial charge in [-0.2, -0.15) is 0 Å². The third-order valence-corrected chi connectivity index (χ3v) is 2.81. The zero-order valence-electron chi connectivity index (χ0n) is 10.3. The number of aromatic nitrogens is 1. The van der Waals surface area contributed by atoms with Gasteiger partial charge in [-0.3, -0.25) is 9.78 Å². The third kappa shape index (κ3) is 2.18. The van der Waals surface area contributed by atoms with Crippen LogP contribution in [0, 0.1) is 6.92 Å². The van der Waals surface area contributed by atoms with Crippen molar-refractivity contribution in [2.75, 3.05) is 11.9 Å². The monoisotopic (exact) mass is 242 g/mol. The second-order valence-corrected chi connectivity index (χ2v) is 4.04. The van der Waals surface area contributed by atoms with Gasteiger partial charge in [0.2, 0.25) is 0 Å². The van der Waals surface area contributed by atoms with E-state index in [9.17, 15) is 9.90 Å². The van der Waals surface area contributed by atoms with Crippen LogP contribution in [0.15, 0.2) is 42.7 Å². The molecule has 1 N–H and O–H groups in total. The zero-order valence-corrected chi connectivity index (χ0v) is 10.3. The smallest absolute Gasteiger partial charge is 0.261 e. The Hall–Kier alpha value is -2.36. The minimum Gasteiger partial charge on any atom is -0.505 e. The maximum atomic E-state index is 12.3. The predicted octanol–water partition coefficient (Wildman–Crippen LogP) is 2.37. The summed E-state index contributed by atoms with van der Waals surface area (Å²) in [6.07, 6.45) is 2.75. The van der Waals surface area contributed by atoms with E-state index in [0.29, 0.717) is 0 Å². The van der Waals surface area contributed by atoms with Crippen molar-refractivity contribution in [3.05, 3.63) is 53.9 Å². The molecule has 0 radical (unpaired) electrons. The molecular formula is C14H14N2O2. The highest BCUT2D eigenvalue weighted by Gasteiger charge is 2.17. The maximum Gasteiger partial charge on any atom is 0.261 e. The zero-order chi connectivity index (χ0) is 13.1. The Kier molecular flexibility index (Phi) is 3.28. The molecule has 92 valence electrons. The van der Waals surface area contributed by atoms with Gasteiger partial charge < -0.3 is 10.0 Å². The summed E-state index contributed by atoms with van der Waals surface area (Å²) in [5, 5.41) is 9.64. The van der Waals surface area contributed by atoms with Crippen molar-refractivity contribution < 1.29 is 9.90 Å². The Morgan fingerprint density at radius 2 is 2.00 bits per heavy atom. The summed E-state index contributed by atoms with van der Waals surface area (Å²) < 4.78 is 0. The number of rotatable bonds is 2. The van der Waals surface area contributed by atoms with Crippen LogP contribution in [0.1, 0.15) is 15.9 Å². The molecule has 4 heteroatoms. The second-order valence-electron chi connectivity index (χ2n) is 4.04. The number of carbonyl (C=O) groups excluding carboxylic acids is 1. The van der Waals surface area contributed by atoms with Gasteiger partial charge in [-0.25, -0.2) is 0 Å². The fourth-order valence-electron chi connectivity index (χ4n) is 1.80. The average molecular weight is 242 g/mol. The molecule has 0 saturated heterocycles. The van der Waals surface area contributed by atoms with Gasteiger partial charge >= 0.3 is 0 Å². The molecule has 2 rings (SSSR count). The summed E-state index contributed by atoms with van der Waals surface area (Å²) in [6, 6.07) is 9.10. The number of hydrogen-bond acceptors (Lipinski definition) is 3. The van der Waals surface area contributed by atoms with Crippen molar-refractivity contribution in [2.45, 2.75) is 6.92 Å². The Morgan fingerprint density at radius 1 is 1.28 bits per heavy atom. The van der Waals surface area contributed by atoms with E-state index >= 15 is 0 Å². The van der Waals surface area contributed by atoms with E-state index in [4.69, 9.17) is 0 Å². The molecule has 1 heterocycles. The molecular weight excluding hydrogens is 228 g/mol. The first kappa shape index (κ1) is 12.1. The van der Waals surface area contributed by atoms with Crippen molar-refractivity contribution in [3.8, 4) is 5.75 Å². The van der Waals surface area contributed by atoms with E-state index in [-0.39, 0.29) is 17.2 Å². The molecule has 1 aromatic heterocycles. The molecule has 4 nitrogen and oxygen atoms in total. The summed E-state index contributed by atoms with van der Waals surface area (Å²) in [5.74, 6) is -0.368. The van der Waals surface area contributed by atoms with E-state index in [2.05, 4.69) is 4.98 Å². The van der Waals surface area contributed by atoms with Crippen LogP contribution in [-0.2, 0) is 0 Å². The summed E-state index contributed by atoms with van der Waals surface area (Å²) >= 11 is 0. The van der Waals surface area contributed by atoms with Gasteiger partial charge in [-0.15, -0.1) is 0 Å². The second kappa shape index (κ2) is 4.87. The van der Waals surface area contributed by atoms with Crippen LogP contribution in [0.2, 0.25) is 0 Å². The van der Waals surface area contributed by atoms with Gasteiger partial charge in [0.15, 0.2) is 0 Å². The quantitative estimate of drug-likeness (QED) is 0.879. The summed E-state index contributed by atoms with van der Waals surface area (Å²) in [5.41, 5.74) is 2.07. The van der Waals surface area contributed by atoms with Crippen LogP contribution >= 0.6 is 0 Å². The van der Waals surface area contributed by atoms with Gasteiger partial charge in [0.05, 0.1) is 11.8 Å². The molecule has 0 aliphatic rings. The van der Waals surface area contributed by atoms with E-state index < -0.39 is 0 Å². The minimum atomic E-state index is -0.260. The molecule has 1 aromatic carbocycles. The Labute approximate surface area is 106 Å². The molecule has 0 aliphatic carbocycles. The van der Waals surface area contributed by atoms with Crippen molar-refractivity contribution in [3.63, 3.8) is 0 Å². The van der Waals surface area contributed by atoms with Crippen LogP contribution in [0.25, 0.3) is 0 Å². The molecule has 1 amide bonds. The van der Waals surface area contributed by atoms with Gasteiger partial charge in [0, 0.05) is 18.9 Å². The lowest BCUT2D eigenvalue weighted by Crippen LogP contribution is -2.26. The summed E-state index contributed by atoms with van der Waals surface area (Å²) in [7, 11) is 1.69. The fourth-order valence-corrected chi connectivity index (χ4v) is 1.80. The van der Waals surface area contributed by atoms with E-state index in [1.165, 1.54) is 23.4 Å². The van der Waals surface area contributed by atoms with E-state index in [1.54, 1.807) is 7.05 Å². The van der Waals surface area contributed by atoms with Crippen LogP contribution in [-0.4, -0.2) is 23.0 Å². The highest BCUT2D eigenvalue weighted by atomic mass is 16.3. The first-order valence-electron chi connectivity index (χ1n) is 5.58. The predicted molar refractivity (Wildman–Crippen MR) is 69.8 cm³/mol. The minimum absolute atomic E-state index is 0.108. The molecule has 0 saturated carbocycles. The molecule has 0 fully saturated rings. The average Bonchev–Trinajstić information content (AvgIpc) is 2.38. The first-order valence-corrected chi connectivity index (χ1v) is 5.58. The Morgan fingerprint density at radius 3 is 2.67 bits per heavy atom. The number of aryl methyl sites for hydroxylation is 1. The standard InChI is InChI=1S/C14H14N2O2/c1-10-5-3-4-6-12(10)16(2)14(18)11-7-8-15-9-13(11)17/h3-9,17H,1-2H3. The molecule has 0 atom stereocenters. The van der Waals surface area contributed by atoms with Crippen LogP contribution in [0.5, 0.6) is 5.75 Å². The number of pyridine rings is 1. The number of hydrogen-bond donors (Lipinski definition) is 1. The van der Waals surface area contributed by atoms with Crippen molar-refractivity contribution in [1.82, 2.24) is 4.98 Å². The van der Waals surface area contributed by atoms with Crippen molar-refractivity contribution in [1.29, 1.82) is 0 Å².